The first-order valence-electron chi connectivity index (χ1n) is 3.11. The average Bonchev–Trinajstić information content (AvgIpc) is 2.14. The van der Waals surface area contributed by atoms with E-state index in [0.717, 1.165) is 0 Å². The van der Waals surface area contributed by atoms with Gasteiger partial charge in [0.25, 0.3) is 0 Å². The monoisotopic (exact) mass is 130 g/mol. The van der Waals surface area contributed by atoms with Crippen LogP contribution in [0.3, 0.4) is 0 Å². The van der Waals surface area contributed by atoms with Crippen molar-refractivity contribution < 1.29 is 15.0 Å². The van der Waals surface area contributed by atoms with Crippen LogP contribution >= 0.6 is 0 Å². The van der Waals surface area contributed by atoms with Gasteiger partial charge in [-0.25, -0.2) is 0 Å². The van der Waals surface area contributed by atoms with Crippen LogP contribution in [-0.2, 0) is 4.79 Å². The summed E-state index contributed by atoms with van der Waals surface area (Å²) in [7, 11) is 0. The second-order valence-corrected chi connectivity index (χ2v) is 2.50. The molecule has 0 amide bonds. The molecule has 3 heteroatoms. The molecule has 0 saturated heterocycles. The summed E-state index contributed by atoms with van der Waals surface area (Å²) in [5.41, 5.74) is 0. The predicted octanol–water partition coefficient (Wildman–Crippen LogP) is 0.232. The zero-order chi connectivity index (χ0) is 6.85. The van der Waals surface area contributed by atoms with Gasteiger partial charge in [-0.15, -0.1) is 0 Å². The maximum absolute atomic E-state index is 10.2. The van der Waals surface area contributed by atoms with Gasteiger partial charge in [-0.1, -0.05) is 0 Å². The van der Waals surface area contributed by atoms with E-state index in [1.54, 1.807) is 0 Å². The summed E-state index contributed by atoms with van der Waals surface area (Å²) in [5, 5.41) is 17.3. The minimum atomic E-state index is -0.772. The fourth-order valence-electron chi connectivity index (χ4n) is 1.18. The van der Waals surface area contributed by atoms with Crippen molar-refractivity contribution in [3.63, 3.8) is 0 Å². The molecule has 0 aliphatic heterocycles. The Kier molecular flexibility index (Phi) is 1.71. The molecule has 1 saturated carbocycles. The summed E-state index contributed by atoms with van der Waals surface area (Å²) in [6.07, 6.45) is 1.36. The Labute approximate surface area is 53.3 Å². The molecule has 0 aromatic rings. The predicted molar refractivity (Wildman–Crippen MR) is 31.0 cm³/mol. The Morgan fingerprint density at radius 1 is 1.44 bits per heavy atom. The van der Waals surface area contributed by atoms with E-state index in [-0.39, 0.29) is 12.0 Å². The first kappa shape index (κ1) is 6.55. The number of hydrogen-bond acceptors (Lipinski definition) is 2. The van der Waals surface area contributed by atoms with Crippen LogP contribution in [0.2, 0.25) is 0 Å². The van der Waals surface area contributed by atoms with E-state index in [1.165, 1.54) is 0 Å². The van der Waals surface area contributed by atoms with Gasteiger partial charge in [0.2, 0.25) is 0 Å². The van der Waals surface area contributed by atoms with Gasteiger partial charge < -0.3 is 10.2 Å². The number of aliphatic hydroxyl groups is 1. The van der Waals surface area contributed by atoms with Crippen LogP contribution in [-0.4, -0.2) is 22.3 Å². The zero-order valence-corrected chi connectivity index (χ0v) is 5.08. The minimum Gasteiger partial charge on any atom is -0.481 e. The molecule has 2 N–H and O–H groups in total. The lowest BCUT2D eigenvalue weighted by Gasteiger charge is -1.99. The summed E-state index contributed by atoms with van der Waals surface area (Å²) in [4.78, 5) is 10.2. The molecule has 1 aliphatic carbocycles. The van der Waals surface area contributed by atoms with Gasteiger partial charge in [0.15, 0.2) is 0 Å². The van der Waals surface area contributed by atoms with Crippen LogP contribution < -0.4 is 0 Å². The smallest absolute Gasteiger partial charge is 0.306 e. The van der Waals surface area contributed by atoms with E-state index in [1.807, 2.05) is 0 Å². The molecule has 3 nitrogen and oxygen atoms in total. The van der Waals surface area contributed by atoms with Gasteiger partial charge in [0, 0.05) is 0 Å². The molecule has 0 aromatic carbocycles. The number of aliphatic hydroxyl groups excluding tert-OH is 1. The Morgan fingerprint density at radius 3 is 2.33 bits per heavy atom. The lowest BCUT2D eigenvalue weighted by atomic mass is 10.1. The van der Waals surface area contributed by atoms with Crippen molar-refractivity contribution in [1.82, 2.24) is 0 Å². The highest BCUT2D eigenvalue weighted by Crippen LogP contribution is 2.24. The van der Waals surface area contributed by atoms with Crippen LogP contribution in [0.5, 0.6) is 0 Å². The van der Waals surface area contributed by atoms with Gasteiger partial charge >= 0.3 is 5.97 Å². The number of hydrogen-bond donors (Lipinski definition) is 2. The van der Waals surface area contributed by atoms with Gasteiger partial charge in [-0.2, -0.15) is 0 Å². The van der Waals surface area contributed by atoms with Gasteiger partial charge in [0.05, 0.1) is 12.0 Å². The van der Waals surface area contributed by atoms with E-state index in [4.69, 9.17) is 10.2 Å². The summed E-state index contributed by atoms with van der Waals surface area (Å²) in [6.45, 7) is 0. The molecule has 0 spiro atoms. The molecule has 0 heterocycles. The van der Waals surface area contributed by atoms with Crippen molar-refractivity contribution in [3.8, 4) is 0 Å². The highest BCUT2D eigenvalue weighted by atomic mass is 16.4. The summed E-state index contributed by atoms with van der Waals surface area (Å²) in [6, 6.07) is 0. The molecule has 9 heavy (non-hydrogen) atoms. The quantitative estimate of drug-likeness (QED) is 0.534. The van der Waals surface area contributed by atoms with Crippen molar-refractivity contribution in [3.05, 3.63) is 0 Å². The molecule has 1 fully saturated rings. The normalized spacial score (nSPS) is 34.8. The third kappa shape index (κ3) is 1.42. The fourth-order valence-corrected chi connectivity index (χ4v) is 1.18. The Morgan fingerprint density at radius 2 is 2.11 bits per heavy atom. The zero-order valence-electron chi connectivity index (χ0n) is 5.08. The van der Waals surface area contributed by atoms with Crippen LogP contribution in [0.4, 0.5) is 0 Å². The molecule has 0 radical (unpaired) electrons. The van der Waals surface area contributed by atoms with Gasteiger partial charge in [0.1, 0.15) is 0 Å². The third-order valence-corrected chi connectivity index (χ3v) is 1.75. The van der Waals surface area contributed by atoms with Gasteiger partial charge in [-0.3, -0.25) is 4.79 Å². The Hall–Kier alpha value is -0.570. The van der Waals surface area contributed by atoms with E-state index in [9.17, 15) is 4.79 Å². The standard InChI is InChI=1S/C6H10O3/c7-5-2-1-4(3-5)6(8)9/h4-5,7H,1-3H2,(H,8,9)/t4-,5+/m0/s1. The maximum atomic E-state index is 10.2. The van der Waals surface area contributed by atoms with Crippen LogP contribution in [0.15, 0.2) is 0 Å². The molecule has 1 aliphatic rings. The number of aliphatic carboxylic acids is 1. The highest BCUT2D eigenvalue weighted by molar-refractivity contribution is 5.70. The molecular formula is C6H10O3. The number of carboxylic acids is 1. The number of rotatable bonds is 1. The van der Waals surface area contributed by atoms with Crippen molar-refractivity contribution in [2.45, 2.75) is 25.4 Å². The van der Waals surface area contributed by atoms with E-state index < -0.39 is 5.97 Å². The van der Waals surface area contributed by atoms with Crippen molar-refractivity contribution in [2.75, 3.05) is 0 Å². The maximum Gasteiger partial charge on any atom is 0.306 e. The molecule has 0 aromatic heterocycles. The SMILES string of the molecule is O=C(O)[C@H]1CC[C@@H](O)C1. The van der Waals surface area contributed by atoms with Crippen molar-refractivity contribution in [2.24, 2.45) is 5.92 Å². The second kappa shape index (κ2) is 2.35. The summed E-state index contributed by atoms with van der Waals surface area (Å²) < 4.78 is 0. The van der Waals surface area contributed by atoms with Crippen LogP contribution in [0.1, 0.15) is 19.3 Å². The van der Waals surface area contributed by atoms with Crippen molar-refractivity contribution in [1.29, 1.82) is 0 Å². The second-order valence-electron chi connectivity index (χ2n) is 2.50. The molecule has 1 rings (SSSR count). The molecule has 0 bridgehead atoms. The molecule has 0 unspecified atom stereocenters. The molecule has 52 valence electrons. The largest absolute Gasteiger partial charge is 0.481 e. The van der Waals surface area contributed by atoms with Crippen LogP contribution in [0.25, 0.3) is 0 Å². The molecule has 2 atom stereocenters. The van der Waals surface area contributed by atoms with E-state index >= 15 is 0 Å². The number of carbonyl (C=O) groups is 1. The third-order valence-electron chi connectivity index (χ3n) is 1.75. The van der Waals surface area contributed by atoms with Gasteiger partial charge in [-0.05, 0) is 19.3 Å². The lowest BCUT2D eigenvalue weighted by molar-refractivity contribution is -0.141. The Balaban J connectivity index is 2.39. The van der Waals surface area contributed by atoms with E-state index in [0.29, 0.717) is 19.3 Å². The first-order chi connectivity index (χ1) is 4.20. The molecular weight excluding hydrogens is 120 g/mol. The lowest BCUT2D eigenvalue weighted by Crippen LogP contribution is -2.10. The van der Waals surface area contributed by atoms with Crippen molar-refractivity contribution >= 4 is 5.97 Å². The fraction of sp³-hybridized carbons (Fsp3) is 0.833. The van der Waals surface area contributed by atoms with Crippen LogP contribution in [0, 0.1) is 5.92 Å². The van der Waals surface area contributed by atoms with E-state index in [2.05, 4.69) is 0 Å². The highest BCUT2D eigenvalue weighted by Gasteiger charge is 2.27. The average molecular weight is 130 g/mol. The first-order valence-corrected chi connectivity index (χ1v) is 3.11. The number of carboxylic acid groups (broad SMARTS) is 1. The minimum absolute atomic E-state index is 0.292. The Bertz CT molecular complexity index is 121. The summed E-state index contributed by atoms with van der Waals surface area (Å²) >= 11 is 0. The summed E-state index contributed by atoms with van der Waals surface area (Å²) in [5.74, 6) is -1.06. The topological polar surface area (TPSA) is 57.5 Å².